The van der Waals surface area contributed by atoms with Gasteiger partial charge in [-0.05, 0) is 51.8 Å². The van der Waals surface area contributed by atoms with Gasteiger partial charge in [0.25, 0.3) is 5.91 Å². The number of nitrogens with one attached hydrogen (secondary N) is 2. The summed E-state index contributed by atoms with van der Waals surface area (Å²) >= 11 is 3.44. The monoisotopic (exact) mass is 542 g/mol. The first-order chi connectivity index (χ1) is 17.5. The Morgan fingerprint density at radius 3 is 2.69 bits per heavy atom. The van der Waals surface area contributed by atoms with E-state index in [1.807, 2.05) is 78.7 Å². The summed E-state index contributed by atoms with van der Waals surface area (Å²) < 4.78 is 6.12. The van der Waals surface area contributed by atoms with Crippen molar-refractivity contribution in [2.45, 2.75) is 6.54 Å². The highest BCUT2D eigenvalue weighted by Gasteiger charge is 2.16. The lowest BCUT2D eigenvalue weighted by atomic mass is 10.1. The van der Waals surface area contributed by atoms with E-state index in [1.165, 1.54) is 0 Å². The highest BCUT2D eigenvalue weighted by Crippen LogP contribution is 2.30. The summed E-state index contributed by atoms with van der Waals surface area (Å²) in [4.78, 5) is 32.0. The third-order valence-corrected chi connectivity index (χ3v) is 6.14. The molecule has 0 atom stereocenters. The number of aromatic amines is 1. The molecule has 5 aromatic rings. The lowest BCUT2D eigenvalue weighted by molar-refractivity contribution is 0.0951. The van der Waals surface area contributed by atoms with Gasteiger partial charge in [-0.2, -0.15) is 4.98 Å². The summed E-state index contributed by atoms with van der Waals surface area (Å²) in [5.74, 6) is 1.61. The molecule has 5 rings (SSSR count). The highest BCUT2D eigenvalue weighted by molar-refractivity contribution is 9.10. The summed E-state index contributed by atoms with van der Waals surface area (Å²) in [6.07, 6.45) is 1.71. The number of rotatable bonds is 7. The molecule has 0 bridgehead atoms. The van der Waals surface area contributed by atoms with Crippen LogP contribution in [0, 0.1) is 0 Å². The first-order valence-corrected chi connectivity index (χ1v) is 12.0. The molecular weight excluding hydrogens is 520 g/mol. The van der Waals surface area contributed by atoms with E-state index in [2.05, 4.69) is 36.2 Å². The summed E-state index contributed by atoms with van der Waals surface area (Å²) in [6.45, 7) is 0.426. The molecule has 180 valence electrons. The molecule has 8 nitrogen and oxygen atoms in total. The molecule has 0 aliphatic carbocycles. The van der Waals surface area contributed by atoms with Crippen molar-refractivity contribution in [1.82, 2.24) is 25.3 Å². The number of halogens is 1. The van der Waals surface area contributed by atoms with E-state index in [-0.39, 0.29) is 5.91 Å². The Labute approximate surface area is 216 Å². The standard InChI is InChI=1S/C27H23BrN6O2/c1-34(23-9-6-10-24(32-23)36-2)21-12-18(25-31-22-14-20(28)16-29-26(22)33-25)11-19(13-21)27(35)30-15-17-7-4-3-5-8-17/h3-14,16H,15H2,1-2H3,(H,30,35)(H,29,31,33). The summed E-state index contributed by atoms with van der Waals surface area (Å²) in [7, 11) is 3.47. The first kappa shape index (κ1) is 23.5. The fourth-order valence-electron chi connectivity index (χ4n) is 3.80. The molecule has 3 heterocycles. The second-order valence-corrected chi connectivity index (χ2v) is 9.06. The summed E-state index contributed by atoms with van der Waals surface area (Å²) in [5, 5.41) is 3.01. The molecule has 36 heavy (non-hydrogen) atoms. The van der Waals surface area contributed by atoms with Crippen LogP contribution in [0.25, 0.3) is 22.6 Å². The number of hydrogen-bond donors (Lipinski definition) is 2. The number of anilines is 2. The molecule has 0 saturated carbocycles. The Hall–Kier alpha value is -4.24. The predicted octanol–water partition coefficient (Wildman–Crippen LogP) is 5.49. The molecule has 2 aromatic carbocycles. The zero-order valence-corrected chi connectivity index (χ0v) is 21.3. The van der Waals surface area contributed by atoms with Crippen LogP contribution in [0.2, 0.25) is 0 Å². The van der Waals surface area contributed by atoms with E-state index >= 15 is 0 Å². The highest BCUT2D eigenvalue weighted by atomic mass is 79.9. The van der Waals surface area contributed by atoms with Crippen LogP contribution in [0.1, 0.15) is 15.9 Å². The molecule has 0 saturated heterocycles. The Bertz CT molecular complexity index is 1540. The SMILES string of the molecule is COc1cccc(N(C)c2cc(C(=O)NCc3ccccc3)cc(-c3nc4cc(Br)cnc4[nH]3)c2)n1. The number of imidazole rings is 1. The van der Waals surface area contributed by atoms with Gasteiger partial charge >= 0.3 is 0 Å². The van der Waals surface area contributed by atoms with Crippen molar-refractivity contribution in [1.29, 1.82) is 0 Å². The Morgan fingerprint density at radius 2 is 1.89 bits per heavy atom. The molecule has 0 unspecified atom stereocenters. The van der Waals surface area contributed by atoms with Gasteiger partial charge in [-0.3, -0.25) is 4.79 Å². The van der Waals surface area contributed by atoms with Crippen molar-refractivity contribution in [2.24, 2.45) is 0 Å². The van der Waals surface area contributed by atoms with Crippen LogP contribution in [0.15, 0.2) is 83.5 Å². The molecular formula is C27H23BrN6O2. The number of carbonyl (C=O) groups is 1. The van der Waals surface area contributed by atoms with E-state index < -0.39 is 0 Å². The maximum absolute atomic E-state index is 13.2. The van der Waals surface area contributed by atoms with Gasteiger partial charge in [0.2, 0.25) is 5.88 Å². The minimum Gasteiger partial charge on any atom is -0.481 e. The number of ether oxygens (including phenoxy) is 1. The fourth-order valence-corrected chi connectivity index (χ4v) is 4.12. The molecule has 0 radical (unpaired) electrons. The Morgan fingerprint density at radius 1 is 1.06 bits per heavy atom. The number of hydrogen-bond acceptors (Lipinski definition) is 6. The van der Waals surface area contributed by atoms with E-state index in [0.29, 0.717) is 35.3 Å². The van der Waals surface area contributed by atoms with E-state index in [9.17, 15) is 4.79 Å². The van der Waals surface area contributed by atoms with Crippen LogP contribution in [0.3, 0.4) is 0 Å². The second kappa shape index (κ2) is 10.2. The van der Waals surface area contributed by atoms with E-state index in [1.54, 1.807) is 19.4 Å². The van der Waals surface area contributed by atoms with Crippen LogP contribution < -0.4 is 15.0 Å². The van der Waals surface area contributed by atoms with Crippen molar-refractivity contribution in [3.05, 3.63) is 94.6 Å². The number of fused-ring (bicyclic) bond motifs is 1. The molecule has 0 aliphatic heterocycles. The van der Waals surface area contributed by atoms with Crippen molar-refractivity contribution in [3.63, 3.8) is 0 Å². The molecule has 1 amide bonds. The summed E-state index contributed by atoms with van der Waals surface area (Å²) in [5.41, 5.74) is 4.43. The minimum absolute atomic E-state index is 0.189. The predicted molar refractivity (Wildman–Crippen MR) is 143 cm³/mol. The zero-order chi connectivity index (χ0) is 25.1. The van der Waals surface area contributed by atoms with Crippen molar-refractivity contribution in [3.8, 4) is 17.3 Å². The quantitative estimate of drug-likeness (QED) is 0.282. The normalized spacial score (nSPS) is 10.9. The van der Waals surface area contributed by atoms with E-state index in [0.717, 1.165) is 26.8 Å². The van der Waals surface area contributed by atoms with Gasteiger partial charge in [0, 0.05) is 47.1 Å². The Kier molecular flexibility index (Phi) is 6.64. The smallest absolute Gasteiger partial charge is 0.251 e. The fraction of sp³-hybridized carbons (Fsp3) is 0.111. The zero-order valence-electron chi connectivity index (χ0n) is 19.7. The van der Waals surface area contributed by atoms with Crippen LogP contribution >= 0.6 is 15.9 Å². The maximum atomic E-state index is 13.2. The third-order valence-electron chi connectivity index (χ3n) is 5.70. The third kappa shape index (κ3) is 5.06. The maximum Gasteiger partial charge on any atom is 0.251 e. The molecule has 0 fully saturated rings. The number of benzene rings is 2. The second-order valence-electron chi connectivity index (χ2n) is 8.14. The Balaban J connectivity index is 1.54. The lowest BCUT2D eigenvalue weighted by Crippen LogP contribution is -2.23. The molecule has 2 N–H and O–H groups in total. The number of carbonyl (C=O) groups excluding carboxylic acids is 1. The molecule has 3 aromatic heterocycles. The summed E-state index contributed by atoms with van der Waals surface area (Å²) in [6, 6.07) is 22.9. The van der Waals surface area contributed by atoms with Crippen molar-refractivity contribution in [2.75, 3.05) is 19.1 Å². The van der Waals surface area contributed by atoms with E-state index in [4.69, 9.17) is 9.72 Å². The van der Waals surface area contributed by atoms with Crippen LogP contribution in [0.4, 0.5) is 11.5 Å². The van der Waals surface area contributed by atoms with Crippen molar-refractivity contribution >= 4 is 44.5 Å². The molecule has 0 aliphatic rings. The van der Waals surface area contributed by atoms with Gasteiger partial charge in [0.05, 0.1) is 7.11 Å². The number of H-pyrrole nitrogens is 1. The number of methoxy groups -OCH3 is 1. The van der Waals surface area contributed by atoms with Crippen LogP contribution in [0.5, 0.6) is 5.88 Å². The average molecular weight is 543 g/mol. The number of amides is 1. The van der Waals surface area contributed by atoms with Crippen LogP contribution in [-0.2, 0) is 6.54 Å². The van der Waals surface area contributed by atoms with Gasteiger partial charge < -0.3 is 19.9 Å². The van der Waals surface area contributed by atoms with Gasteiger partial charge in [0.1, 0.15) is 17.2 Å². The van der Waals surface area contributed by atoms with Gasteiger partial charge in [0.15, 0.2) is 5.65 Å². The van der Waals surface area contributed by atoms with Gasteiger partial charge in [-0.1, -0.05) is 36.4 Å². The molecule has 0 spiro atoms. The topological polar surface area (TPSA) is 96.0 Å². The van der Waals surface area contributed by atoms with Gasteiger partial charge in [-0.15, -0.1) is 0 Å². The average Bonchev–Trinajstić information content (AvgIpc) is 3.35. The lowest BCUT2D eigenvalue weighted by Gasteiger charge is -2.20. The number of nitrogens with zero attached hydrogens (tertiary/aromatic N) is 4. The number of pyridine rings is 2. The van der Waals surface area contributed by atoms with Gasteiger partial charge in [-0.25, -0.2) is 9.97 Å². The minimum atomic E-state index is -0.189. The first-order valence-electron chi connectivity index (χ1n) is 11.2. The van der Waals surface area contributed by atoms with Crippen molar-refractivity contribution < 1.29 is 9.53 Å². The largest absolute Gasteiger partial charge is 0.481 e. The number of aromatic nitrogens is 4. The van der Waals surface area contributed by atoms with Crippen LogP contribution in [-0.4, -0.2) is 40.0 Å². The molecule has 9 heteroatoms.